The van der Waals surface area contributed by atoms with Crippen LogP contribution in [0.2, 0.25) is 0 Å². The van der Waals surface area contributed by atoms with Crippen molar-refractivity contribution in [1.82, 2.24) is 20.1 Å². The maximum absolute atomic E-state index is 13.2. The Morgan fingerprint density at radius 1 is 0.900 bits per heavy atom. The van der Waals surface area contributed by atoms with Crippen molar-refractivity contribution in [3.05, 3.63) is 137 Å². The minimum atomic E-state index is -0.485. The summed E-state index contributed by atoms with van der Waals surface area (Å²) < 4.78 is 2.03. The maximum atomic E-state index is 13.2. The first kappa shape index (κ1) is 26.7. The molecule has 7 nitrogen and oxygen atoms in total. The molecule has 0 aliphatic carbocycles. The molecule has 198 valence electrons. The first-order valence-corrected chi connectivity index (χ1v) is 13.9. The van der Waals surface area contributed by atoms with Gasteiger partial charge in [-0.25, -0.2) is 4.79 Å². The number of nitrogens with one attached hydrogen (secondary N) is 2. The average molecular weight is 545 g/mol. The first-order chi connectivity index (χ1) is 19.6. The van der Waals surface area contributed by atoms with Crippen molar-refractivity contribution in [3.8, 4) is 11.8 Å². The molecule has 0 radical (unpaired) electrons. The molecule has 40 heavy (non-hydrogen) atoms. The summed E-state index contributed by atoms with van der Waals surface area (Å²) >= 11 is 1.60. The number of aryl methyl sites for hydroxylation is 1. The molecular weight excluding hydrogens is 516 g/mol. The predicted octanol–water partition coefficient (Wildman–Crippen LogP) is 6.85. The van der Waals surface area contributed by atoms with E-state index in [4.69, 9.17) is 0 Å². The average Bonchev–Trinajstić information content (AvgIpc) is 3.41. The second kappa shape index (κ2) is 12.8. The molecule has 0 fully saturated rings. The van der Waals surface area contributed by atoms with E-state index in [1.54, 1.807) is 36.0 Å². The van der Waals surface area contributed by atoms with Crippen molar-refractivity contribution >= 4 is 23.5 Å². The number of amides is 2. The van der Waals surface area contributed by atoms with Gasteiger partial charge in [0.15, 0.2) is 11.0 Å². The Kier molecular flexibility index (Phi) is 8.54. The summed E-state index contributed by atoms with van der Waals surface area (Å²) in [7, 11) is 0. The molecule has 0 spiro atoms. The van der Waals surface area contributed by atoms with Crippen molar-refractivity contribution < 1.29 is 4.79 Å². The number of urea groups is 1. The quantitative estimate of drug-likeness (QED) is 0.198. The molecule has 2 N–H and O–H groups in total. The highest BCUT2D eigenvalue weighted by Gasteiger charge is 2.25. The number of nitrogens with zero attached hydrogens (tertiary/aromatic N) is 4. The number of hydrogen-bond acceptors (Lipinski definition) is 5. The zero-order valence-corrected chi connectivity index (χ0v) is 22.8. The van der Waals surface area contributed by atoms with Gasteiger partial charge in [-0.15, -0.1) is 10.2 Å². The van der Waals surface area contributed by atoms with Gasteiger partial charge in [0.2, 0.25) is 0 Å². The number of benzene rings is 4. The molecule has 5 aromatic rings. The molecule has 4 aromatic carbocycles. The van der Waals surface area contributed by atoms with Gasteiger partial charge in [0.1, 0.15) is 0 Å². The molecule has 0 bridgehead atoms. The standard InChI is InChI=1S/C32H28N6OS/c1-23-15-17-28(18-16-23)38-30(36-37-32(38)40-22-25-11-6-3-7-12-25)29(20-24-9-4-2-5-10-24)35-31(39)34-27-14-8-13-26(19-27)21-33/h2-19,29H,20,22H2,1H3,(H2,34,35,39)/t29-/m0/s1. The van der Waals surface area contributed by atoms with Crippen LogP contribution in [0.3, 0.4) is 0 Å². The van der Waals surface area contributed by atoms with Gasteiger partial charge in [-0.3, -0.25) is 4.57 Å². The third kappa shape index (κ3) is 6.76. The van der Waals surface area contributed by atoms with E-state index >= 15 is 0 Å². The summed E-state index contributed by atoms with van der Waals surface area (Å²) in [6.07, 6.45) is 0.514. The van der Waals surface area contributed by atoms with Crippen LogP contribution in [0.4, 0.5) is 10.5 Å². The highest BCUT2D eigenvalue weighted by Crippen LogP contribution is 2.29. The van der Waals surface area contributed by atoms with Crippen LogP contribution in [0.15, 0.2) is 114 Å². The minimum Gasteiger partial charge on any atom is -0.327 e. The lowest BCUT2D eigenvalue weighted by atomic mass is 10.1. The maximum Gasteiger partial charge on any atom is 0.319 e. The third-order valence-corrected chi connectivity index (χ3v) is 7.31. The number of hydrogen-bond donors (Lipinski definition) is 2. The van der Waals surface area contributed by atoms with E-state index < -0.39 is 12.1 Å². The summed E-state index contributed by atoms with van der Waals surface area (Å²) in [6, 6.07) is 36.4. The molecule has 0 saturated carbocycles. The van der Waals surface area contributed by atoms with Gasteiger partial charge in [0.25, 0.3) is 0 Å². The van der Waals surface area contributed by atoms with Crippen LogP contribution in [-0.4, -0.2) is 20.8 Å². The summed E-state index contributed by atoms with van der Waals surface area (Å²) in [4.78, 5) is 13.2. The van der Waals surface area contributed by atoms with Crippen LogP contribution in [0, 0.1) is 18.3 Å². The van der Waals surface area contributed by atoms with E-state index in [9.17, 15) is 10.1 Å². The molecule has 0 unspecified atom stereocenters. The van der Waals surface area contributed by atoms with Gasteiger partial charge >= 0.3 is 6.03 Å². The Labute approximate surface area is 237 Å². The fourth-order valence-electron chi connectivity index (χ4n) is 4.31. The van der Waals surface area contributed by atoms with Crippen molar-refractivity contribution in [2.75, 3.05) is 5.32 Å². The Balaban J connectivity index is 1.49. The second-order valence-electron chi connectivity index (χ2n) is 9.32. The van der Waals surface area contributed by atoms with Gasteiger partial charge in [0, 0.05) is 23.5 Å². The molecule has 1 aromatic heterocycles. The lowest BCUT2D eigenvalue weighted by Gasteiger charge is -2.21. The van der Waals surface area contributed by atoms with E-state index in [1.165, 1.54) is 5.56 Å². The number of rotatable bonds is 9. The van der Waals surface area contributed by atoms with E-state index in [1.807, 2.05) is 72.2 Å². The van der Waals surface area contributed by atoms with Crippen LogP contribution < -0.4 is 10.6 Å². The molecule has 0 aliphatic heterocycles. The summed E-state index contributed by atoms with van der Waals surface area (Å²) in [6.45, 7) is 2.05. The van der Waals surface area contributed by atoms with Gasteiger partial charge in [0.05, 0.1) is 17.7 Å². The molecular formula is C32H28N6OS. The topological polar surface area (TPSA) is 95.6 Å². The van der Waals surface area contributed by atoms with Gasteiger partial charge in [-0.2, -0.15) is 5.26 Å². The first-order valence-electron chi connectivity index (χ1n) is 12.9. The molecule has 2 amide bonds. The van der Waals surface area contributed by atoms with Crippen LogP contribution in [0.5, 0.6) is 0 Å². The number of thioether (sulfide) groups is 1. The Morgan fingerprint density at radius 2 is 1.60 bits per heavy atom. The minimum absolute atomic E-state index is 0.395. The third-order valence-electron chi connectivity index (χ3n) is 6.31. The van der Waals surface area contributed by atoms with E-state index in [0.29, 0.717) is 23.5 Å². The molecule has 1 heterocycles. The highest BCUT2D eigenvalue weighted by molar-refractivity contribution is 7.98. The highest BCUT2D eigenvalue weighted by atomic mass is 32.2. The van der Waals surface area contributed by atoms with E-state index in [0.717, 1.165) is 27.7 Å². The van der Waals surface area contributed by atoms with E-state index in [2.05, 4.69) is 51.2 Å². The molecule has 5 rings (SSSR count). The van der Waals surface area contributed by atoms with Crippen molar-refractivity contribution in [3.63, 3.8) is 0 Å². The van der Waals surface area contributed by atoms with Crippen molar-refractivity contribution in [1.29, 1.82) is 5.26 Å². The van der Waals surface area contributed by atoms with Crippen molar-refractivity contribution in [2.45, 2.75) is 30.3 Å². The normalized spacial score (nSPS) is 11.4. The van der Waals surface area contributed by atoms with Gasteiger partial charge < -0.3 is 10.6 Å². The smallest absolute Gasteiger partial charge is 0.319 e. The summed E-state index contributed by atoms with van der Waals surface area (Å²) in [5.74, 6) is 1.36. The molecule has 1 atom stereocenters. The predicted molar refractivity (Wildman–Crippen MR) is 158 cm³/mol. The van der Waals surface area contributed by atoms with Crippen LogP contribution >= 0.6 is 11.8 Å². The zero-order valence-electron chi connectivity index (χ0n) is 22.0. The largest absolute Gasteiger partial charge is 0.327 e. The Bertz CT molecular complexity index is 1610. The summed E-state index contributed by atoms with van der Waals surface area (Å²) in [5.41, 5.74) is 5.31. The number of nitriles is 1. The van der Waals surface area contributed by atoms with Crippen LogP contribution in [0.25, 0.3) is 5.69 Å². The van der Waals surface area contributed by atoms with Crippen LogP contribution in [0.1, 0.15) is 34.1 Å². The summed E-state index contributed by atoms with van der Waals surface area (Å²) in [5, 5.41) is 25.1. The molecule has 0 aliphatic rings. The van der Waals surface area contributed by atoms with Crippen LogP contribution in [-0.2, 0) is 12.2 Å². The lowest BCUT2D eigenvalue weighted by molar-refractivity contribution is 0.247. The zero-order chi connectivity index (χ0) is 27.7. The van der Waals surface area contributed by atoms with Crippen molar-refractivity contribution in [2.24, 2.45) is 0 Å². The molecule has 0 saturated heterocycles. The monoisotopic (exact) mass is 544 g/mol. The Hall–Kier alpha value is -4.87. The van der Waals surface area contributed by atoms with E-state index in [-0.39, 0.29) is 0 Å². The fraction of sp³-hybridized carbons (Fsp3) is 0.125. The number of carbonyl (C=O) groups excluding carboxylic acids is 1. The lowest BCUT2D eigenvalue weighted by Crippen LogP contribution is -2.35. The second-order valence-corrected chi connectivity index (χ2v) is 10.3. The van der Waals surface area contributed by atoms with Gasteiger partial charge in [-0.05, 0) is 48.4 Å². The Morgan fingerprint density at radius 3 is 2.30 bits per heavy atom. The molecule has 8 heteroatoms. The number of carbonyl (C=O) groups is 1. The van der Waals surface area contributed by atoms with Gasteiger partial charge in [-0.1, -0.05) is 96.2 Å². The SMILES string of the molecule is Cc1ccc(-n2c(SCc3ccccc3)nnc2[C@H](Cc2ccccc2)NC(=O)Nc2cccc(C#N)c2)cc1. The number of anilines is 1. The fourth-order valence-corrected chi connectivity index (χ4v) is 5.22. The number of aromatic nitrogens is 3.